The number of aryl methyl sites for hydroxylation is 1. The van der Waals surface area contributed by atoms with Crippen LogP contribution in [0.2, 0.25) is 0 Å². The molecule has 1 aliphatic carbocycles. The van der Waals surface area contributed by atoms with Crippen molar-refractivity contribution < 1.29 is 14.8 Å². The summed E-state index contributed by atoms with van der Waals surface area (Å²) in [6.45, 7) is 0.395. The number of amides is 1. The summed E-state index contributed by atoms with van der Waals surface area (Å²) < 4.78 is 1.40. The molecule has 2 N–H and O–H groups in total. The number of aliphatic hydroxyl groups is 1. The second-order valence-electron chi connectivity index (χ2n) is 5.72. The summed E-state index contributed by atoms with van der Waals surface area (Å²) in [5, 5.41) is 26.8. The third kappa shape index (κ3) is 4.52. The topological polar surface area (TPSA) is 110 Å². The monoisotopic (exact) mass is 310 g/mol. The molecule has 0 aromatic carbocycles. The molecule has 1 fully saturated rings. The number of rotatable bonds is 6. The molecule has 2 unspecified atom stereocenters. The Morgan fingerprint density at radius 1 is 1.45 bits per heavy atom. The van der Waals surface area contributed by atoms with Crippen LogP contribution in [-0.4, -0.2) is 38.4 Å². The van der Waals surface area contributed by atoms with Crippen molar-refractivity contribution in [3.8, 4) is 0 Å². The van der Waals surface area contributed by atoms with Gasteiger partial charge in [0.25, 0.3) is 0 Å². The van der Waals surface area contributed by atoms with Crippen LogP contribution in [0.5, 0.6) is 0 Å². The van der Waals surface area contributed by atoms with Crippen molar-refractivity contribution in [2.24, 2.45) is 5.92 Å². The Labute approximate surface area is 128 Å². The zero-order chi connectivity index (χ0) is 15.9. The molecule has 22 heavy (non-hydrogen) atoms. The van der Waals surface area contributed by atoms with E-state index in [1.165, 1.54) is 17.1 Å². The molecular weight excluding hydrogens is 288 g/mol. The molecule has 1 amide bonds. The normalized spacial score (nSPS) is 22.0. The molecule has 0 bridgehead atoms. The van der Waals surface area contributed by atoms with E-state index in [0.29, 0.717) is 6.54 Å². The minimum atomic E-state index is -0.513. The van der Waals surface area contributed by atoms with E-state index in [-0.39, 0.29) is 36.6 Å². The summed E-state index contributed by atoms with van der Waals surface area (Å²) in [6, 6.07) is 0.0203. The molecule has 2 atom stereocenters. The van der Waals surface area contributed by atoms with Crippen LogP contribution in [0, 0.1) is 16.0 Å². The first-order valence-electron chi connectivity index (χ1n) is 7.67. The van der Waals surface area contributed by atoms with Crippen molar-refractivity contribution >= 4 is 11.6 Å². The molecule has 0 saturated heterocycles. The fourth-order valence-corrected chi connectivity index (χ4v) is 2.86. The highest BCUT2D eigenvalue weighted by Gasteiger charge is 2.24. The zero-order valence-corrected chi connectivity index (χ0v) is 12.5. The Morgan fingerprint density at radius 2 is 2.23 bits per heavy atom. The lowest BCUT2D eigenvalue weighted by Crippen LogP contribution is -2.41. The fourth-order valence-electron chi connectivity index (χ4n) is 2.86. The van der Waals surface area contributed by atoms with Crippen molar-refractivity contribution in [3.05, 3.63) is 22.5 Å². The van der Waals surface area contributed by atoms with Crippen LogP contribution in [0.4, 0.5) is 5.69 Å². The van der Waals surface area contributed by atoms with Gasteiger partial charge < -0.3 is 10.4 Å². The summed E-state index contributed by atoms with van der Waals surface area (Å²) in [5.74, 6) is 0.0146. The maximum Gasteiger partial charge on any atom is 0.306 e. The van der Waals surface area contributed by atoms with E-state index in [4.69, 9.17) is 0 Å². The number of carbonyl (C=O) groups is 1. The Hall–Kier alpha value is -1.96. The Morgan fingerprint density at radius 3 is 2.91 bits per heavy atom. The van der Waals surface area contributed by atoms with Crippen molar-refractivity contribution in [1.29, 1.82) is 0 Å². The van der Waals surface area contributed by atoms with Gasteiger partial charge in [-0.15, -0.1) is 0 Å². The first kappa shape index (κ1) is 16.4. The van der Waals surface area contributed by atoms with Gasteiger partial charge in [0.2, 0.25) is 5.91 Å². The lowest BCUT2D eigenvalue weighted by atomic mass is 9.95. The van der Waals surface area contributed by atoms with Gasteiger partial charge >= 0.3 is 5.69 Å². The van der Waals surface area contributed by atoms with E-state index in [9.17, 15) is 20.0 Å². The first-order valence-corrected chi connectivity index (χ1v) is 7.67. The number of aromatic nitrogens is 2. The quantitative estimate of drug-likeness (QED) is 0.466. The van der Waals surface area contributed by atoms with Crippen molar-refractivity contribution in [2.75, 3.05) is 6.61 Å². The molecule has 0 aliphatic heterocycles. The first-order chi connectivity index (χ1) is 10.6. The molecule has 2 rings (SSSR count). The number of aliphatic hydroxyl groups excluding tert-OH is 1. The average Bonchev–Trinajstić information content (AvgIpc) is 2.86. The van der Waals surface area contributed by atoms with Crippen LogP contribution >= 0.6 is 0 Å². The summed E-state index contributed by atoms with van der Waals surface area (Å²) in [6.07, 6.45) is 7.83. The average molecular weight is 310 g/mol. The lowest BCUT2D eigenvalue weighted by molar-refractivity contribution is -0.385. The predicted molar refractivity (Wildman–Crippen MR) is 79.1 cm³/mol. The predicted octanol–water partition coefficient (Wildman–Crippen LogP) is 1.24. The van der Waals surface area contributed by atoms with E-state index in [0.717, 1.165) is 32.1 Å². The molecule has 122 valence electrons. The molecule has 0 radical (unpaired) electrons. The summed E-state index contributed by atoms with van der Waals surface area (Å²) in [7, 11) is 0. The van der Waals surface area contributed by atoms with Crippen LogP contribution in [-0.2, 0) is 11.3 Å². The van der Waals surface area contributed by atoms with Gasteiger partial charge in [-0.1, -0.05) is 19.3 Å². The van der Waals surface area contributed by atoms with E-state index in [1.54, 1.807) is 0 Å². The minimum absolute atomic E-state index is 0.0203. The van der Waals surface area contributed by atoms with Crippen LogP contribution < -0.4 is 5.32 Å². The third-order valence-corrected chi connectivity index (χ3v) is 4.14. The van der Waals surface area contributed by atoms with E-state index < -0.39 is 4.92 Å². The van der Waals surface area contributed by atoms with Crippen molar-refractivity contribution in [3.63, 3.8) is 0 Å². The van der Waals surface area contributed by atoms with Crippen LogP contribution in [0.25, 0.3) is 0 Å². The molecule has 1 heterocycles. The summed E-state index contributed by atoms with van der Waals surface area (Å²) in [5.41, 5.74) is -0.0791. The molecule has 8 heteroatoms. The fraction of sp³-hybridized carbons (Fsp3) is 0.714. The Kier molecular flexibility index (Phi) is 5.88. The maximum atomic E-state index is 12.0. The van der Waals surface area contributed by atoms with Gasteiger partial charge in [-0.25, -0.2) is 0 Å². The third-order valence-electron chi connectivity index (χ3n) is 4.14. The second-order valence-corrected chi connectivity index (χ2v) is 5.72. The maximum absolute atomic E-state index is 12.0. The SMILES string of the molecule is O=C(CCn1cc([N+](=O)[O-])cn1)NC1CCCCCC1CO. The number of hydrogen-bond acceptors (Lipinski definition) is 5. The molecule has 8 nitrogen and oxygen atoms in total. The molecular formula is C14H22N4O4. The number of nitrogens with zero attached hydrogens (tertiary/aromatic N) is 3. The summed E-state index contributed by atoms with van der Waals surface area (Å²) in [4.78, 5) is 22.1. The van der Waals surface area contributed by atoms with Gasteiger partial charge in [-0.2, -0.15) is 5.10 Å². The van der Waals surface area contributed by atoms with Gasteiger partial charge in [0.1, 0.15) is 12.4 Å². The Bertz CT molecular complexity index is 517. The summed E-state index contributed by atoms with van der Waals surface area (Å²) >= 11 is 0. The molecule has 0 spiro atoms. The van der Waals surface area contributed by atoms with Crippen LogP contribution in [0.15, 0.2) is 12.4 Å². The number of nitrogens with one attached hydrogen (secondary N) is 1. The van der Waals surface area contributed by atoms with Gasteiger partial charge in [-0.05, 0) is 12.8 Å². The highest BCUT2D eigenvalue weighted by molar-refractivity contribution is 5.76. The van der Waals surface area contributed by atoms with E-state index >= 15 is 0 Å². The van der Waals surface area contributed by atoms with Crippen molar-refractivity contribution in [1.82, 2.24) is 15.1 Å². The van der Waals surface area contributed by atoms with Crippen LogP contribution in [0.1, 0.15) is 38.5 Å². The standard InChI is InChI=1S/C14H22N4O4/c19-10-11-4-2-1-3-5-13(11)16-14(20)6-7-17-9-12(8-15-17)18(21)22/h8-9,11,13,19H,1-7,10H2,(H,16,20). The van der Waals surface area contributed by atoms with Crippen LogP contribution in [0.3, 0.4) is 0 Å². The molecule has 1 saturated carbocycles. The van der Waals surface area contributed by atoms with Gasteiger partial charge in [-0.3, -0.25) is 19.6 Å². The van der Waals surface area contributed by atoms with E-state index in [1.807, 2.05) is 0 Å². The lowest BCUT2D eigenvalue weighted by Gasteiger charge is -2.24. The number of nitro groups is 1. The highest BCUT2D eigenvalue weighted by Crippen LogP contribution is 2.23. The van der Waals surface area contributed by atoms with Gasteiger partial charge in [0, 0.05) is 31.5 Å². The smallest absolute Gasteiger partial charge is 0.306 e. The Balaban J connectivity index is 1.82. The van der Waals surface area contributed by atoms with E-state index in [2.05, 4.69) is 10.4 Å². The number of hydrogen-bond donors (Lipinski definition) is 2. The molecule has 1 aromatic rings. The highest BCUT2D eigenvalue weighted by atomic mass is 16.6. The van der Waals surface area contributed by atoms with Crippen molar-refractivity contribution in [2.45, 2.75) is 51.1 Å². The molecule has 1 aromatic heterocycles. The zero-order valence-electron chi connectivity index (χ0n) is 12.5. The minimum Gasteiger partial charge on any atom is -0.396 e. The largest absolute Gasteiger partial charge is 0.396 e. The van der Waals surface area contributed by atoms with Gasteiger partial charge in [0.05, 0.1) is 4.92 Å². The van der Waals surface area contributed by atoms with Gasteiger partial charge in [0.15, 0.2) is 0 Å². The molecule has 1 aliphatic rings. The number of carbonyl (C=O) groups excluding carboxylic acids is 1. The second kappa shape index (κ2) is 7.88.